The summed E-state index contributed by atoms with van der Waals surface area (Å²) in [4.78, 5) is 25.3. The molecule has 3 aromatic rings. The van der Waals surface area contributed by atoms with Crippen molar-refractivity contribution in [1.82, 2.24) is 29.7 Å². The monoisotopic (exact) mass is 598 g/mol. The Morgan fingerprint density at radius 3 is 2.60 bits per heavy atom. The van der Waals surface area contributed by atoms with E-state index in [4.69, 9.17) is 0 Å². The fourth-order valence-corrected chi connectivity index (χ4v) is 5.61. The number of urea groups is 1. The van der Waals surface area contributed by atoms with Gasteiger partial charge in [-0.1, -0.05) is 0 Å². The van der Waals surface area contributed by atoms with Crippen molar-refractivity contribution in [2.45, 2.75) is 33.2 Å². The lowest BCUT2D eigenvalue weighted by atomic mass is 10.0. The van der Waals surface area contributed by atoms with Crippen molar-refractivity contribution in [3.05, 3.63) is 58.5 Å². The molecule has 0 spiro atoms. The van der Waals surface area contributed by atoms with Crippen LogP contribution in [0.1, 0.15) is 41.9 Å². The maximum Gasteiger partial charge on any atom is 0.341 e. The summed E-state index contributed by atoms with van der Waals surface area (Å²) in [5, 5.41) is 19.0. The molecule has 0 aliphatic carbocycles. The van der Waals surface area contributed by atoms with Crippen LogP contribution in [0.2, 0.25) is 0 Å². The number of piperazine rings is 1. The predicted octanol–water partition coefficient (Wildman–Crippen LogP) is 2.87. The van der Waals surface area contributed by atoms with E-state index in [9.17, 15) is 27.3 Å². The van der Waals surface area contributed by atoms with Crippen LogP contribution < -0.4 is 9.62 Å². The lowest BCUT2D eigenvalue weighted by Gasteiger charge is -2.37. The van der Waals surface area contributed by atoms with Crippen LogP contribution in [0.3, 0.4) is 0 Å². The van der Waals surface area contributed by atoms with Gasteiger partial charge in [-0.3, -0.25) is 4.72 Å². The van der Waals surface area contributed by atoms with Gasteiger partial charge in [0, 0.05) is 38.8 Å². The molecule has 42 heavy (non-hydrogen) atoms. The summed E-state index contributed by atoms with van der Waals surface area (Å²) in [6.45, 7) is 6.00. The molecule has 1 aromatic carbocycles. The molecule has 2 amide bonds. The van der Waals surface area contributed by atoms with Crippen LogP contribution in [0, 0.1) is 36.8 Å². The number of nitrogens with zero attached hydrogens (tertiary/aromatic N) is 9. The van der Waals surface area contributed by atoms with E-state index in [1.807, 2.05) is 6.07 Å². The minimum absolute atomic E-state index is 0.130. The highest BCUT2D eigenvalue weighted by Crippen LogP contribution is 2.31. The van der Waals surface area contributed by atoms with Gasteiger partial charge < -0.3 is 9.80 Å². The number of amides is 2. The van der Waals surface area contributed by atoms with Crippen LogP contribution in [0.5, 0.6) is 0 Å². The number of aryl methyl sites for hydroxylation is 1. The Morgan fingerprint density at radius 2 is 1.90 bits per heavy atom. The fraction of sp³-hybridized carbons (Fsp3) is 0.385. The lowest BCUT2D eigenvalue weighted by molar-refractivity contribution is 0.139. The smallest absolute Gasteiger partial charge is 0.337 e. The van der Waals surface area contributed by atoms with Crippen molar-refractivity contribution in [3.63, 3.8) is 0 Å². The van der Waals surface area contributed by atoms with Gasteiger partial charge in [0.2, 0.25) is 16.0 Å². The van der Waals surface area contributed by atoms with Gasteiger partial charge in [0.1, 0.15) is 5.82 Å². The number of anilines is 2. The molecule has 1 N–H and O–H groups in total. The van der Waals surface area contributed by atoms with Crippen LogP contribution in [-0.4, -0.2) is 82.3 Å². The van der Waals surface area contributed by atoms with Gasteiger partial charge in [-0.2, -0.15) is 20.4 Å². The van der Waals surface area contributed by atoms with Gasteiger partial charge in [-0.05, 0) is 44.5 Å². The third-order valence-electron chi connectivity index (χ3n) is 7.14. The Hall–Kier alpha value is -4.65. The molecule has 0 saturated carbocycles. The predicted molar refractivity (Wildman–Crippen MR) is 150 cm³/mol. The highest BCUT2D eigenvalue weighted by molar-refractivity contribution is 7.92. The number of sulfonamides is 1. The number of halogens is 2. The van der Waals surface area contributed by atoms with Crippen molar-refractivity contribution in [1.29, 1.82) is 5.26 Å². The van der Waals surface area contributed by atoms with Gasteiger partial charge in [0.05, 0.1) is 46.7 Å². The molecule has 13 nitrogen and oxygen atoms in total. The number of carbonyl (C=O) groups is 1. The van der Waals surface area contributed by atoms with Crippen molar-refractivity contribution in [3.8, 4) is 11.9 Å². The Labute approximate surface area is 241 Å². The largest absolute Gasteiger partial charge is 0.341 e. The maximum atomic E-state index is 14.9. The minimum atomic E-state index is -3.58. The molecular formula is C26H28F2N10O3S. The second kappa shape index (κ2) is 11.3. The zero-order valence-corrected chi connectivity index (χ0v) is 23.9. The molecule has 1 saturated heterocycles. The Morgan fingerprint density at radius 1 is 1.17 bits per heavy atom. The molecule has 0 radical (unpaired) electrons. The number of rotatable bonds is 6. The number of benzene rings is 1. The SMILES string of the molecule is CCS(=O)(=O)Nc1c(C)nn(-c2nc(N3CCN(C(=O)N4N=CC[C@H]4c4cc(F)cc(C#N)c4)CC3)ncc2F)c1C. The van der Waals surface area contributed by atoms with Crippen LogP contribution >= 0.6 is 0 Å². The fourth-order valence-electron chi connectivity index (χ4n) is 4.86. The number of nitrogens with one attached hydrogen (secondary N) is 1. The molecule has 2 aliphatic heterocycles. The Balaban J connectivity index is 1.30. The van der Waals surface area contributed by atoms with E-state index < -0.39 is 27.7 Å². The van der Waals surface area contributed by atoms with Gasteiger partial charge in [-0.25, -0.2) is 36.7 Å². The highest BCUT2D eigenvalue weighted by atomic mass is 32.2. The number of aromatic nitrogens is 4. The molecule has 2 aliphatic rings. The number of nitriles is 1. The lowest BCUT2D eigenvalue weighted by Crippen LogP contribution is -2.52. The summed E-state index contributed by atoms with van der Waals surface area (Å²) in [5.41, 5.74) is 1.63. The number of carbonyl (C=O) groups excluding carboxylic acids is 1. The second-order valence-electron chi connectivity index (χ2n) is 9.84. The van der Waals surface area contributed by atoms with Gasteiger partial charge in [-0.15, -0.1) is 0 Å². The van der Waals surface area contributed by atoms with Gasteiger partial charge >= 0.3 is 6.03 Å². The first-order chi connectivity index (χ1) is 20.0. The van der Waals surface area contributed by atoms with E-state index in [0.29, 0.717) is 49.6 Å². The molecule has 0 bridgehead atoms. The summed E-state index contributed by atoms with van der Waals surface area (Å²) in [5.74, 6) is -1.34. The standard InChI is InChI=1S/C26H28F2N10O3S/c1-4-42(40,41)34-23-16(2)33-37(17(23)3)24-21(28)15-30-25(32-24)35-7-9-36(10-8-35)26(39)38-22(5-6-31-38)19-11-18(14-29)12-20(27)13-19/h6,11-13,15,22,34H,4-5,7-10H2,1-3H3/t22-/m0/s1. The van der Waals surface area contributed by atoms with Crippen LogP contribution in [0.15, 0.2) is 29.5 Å². The number of hydrogen-bond donors (Lipinski definition) is 1. The number of hydrazone groups is 1. The summed E-state index contributed by atoms with van der Waals surface area (Å²) in [6.07, 6.45) is 3.00. The molecule has 4 heterocycles. The first kappa shape index (κ1) is 28.9. The summed E-state index contributed by atoms with van der Waals surface area (Å²) in [7, 11) is -3.58. The van der Waals surface area contributed by atoms with E-state index in [1.54, 1.807) is 35.9 Å². The Bertz CT molecular complexity index is 1710. The quantitative estimate of drug-likeness (QED) is 0.455. The first-order valence-corrected chi connectivity index (χ1v) is 14.8. The molecule has 16 heteroatoms. The number of hydrogen-bond acceptors (Lipinski definition) is 9. The third-order valence-corrected chi connectivity index (χ3v) is 8.41. The van der Waals surface area contributed by atoms with Crippen molar-refractivity contribution in [2.75, 3.05) is 41.6 Å². The summed E-state index contributed by atoms with van der Waals surface area (Å²) in [6, 6.07) is 5.02. The molecular weight excluding hydrogens is 570 g/mol. The van der Waals surface area contributed by atoms with Crippen LogP contribution in [-0.2, 0) is 10.0 Å². The average Bonchev–Trinajstić information content (AvgIpc) is 3.58. The van der Waals surface area contributed by atoms with E-state index in [1.165, 1.54) is 22.7 Å². The maximum absolute atomic E-state index is 14.9. The first-order valence-electron chi connectivity index (χ1n) is 13.2. The average molecular weight is 599 g/mol. The molecule has 1 atom stereocenters. The van der Waals surface area contributed by atoms with Crippen molar-refractivity contribution in [2.24, 2.45) is 5.10 Å². The van der Waals surface area contributed by atoms with Gasteiger partial charge in [0.15, 0.2) is 11.6 Å². The van der Waals surface area contributed by atoms with Gasteiger partial charge in [0.25, 0.3) is 0 Å². The van der Waals surface area contributed by atoms with E-state index in [-0.39, 0.29) is 34.8 Å². The minimum Gasteiger partial charge on any atom is -0.337 e. The zero-order chi connectivity index (χ0) is 30.2. The van der Waals surface area contributed by atoms with E-state index >= 15 is 0 Å². The second-order valence-corrected chi connectivity index (χ2v) is 11.9. The van der Waals surface area contributed by atoms with Crippen LogP contribution in [0.4, 0.5) is 25.2 Å². The summed E-state index contributed by atoms with van der Waals surface area (Å²) < 4.78 is 56.9. The third kappa shape index (κ3) is 5.59. The van der Waals surface area contributed by atoms with Crippen LogP contribution in [0.25, 0.3) is 5.82 Å². The molecule has 2 aromatic heterocycles. The van der Waals surface area contributed by atoms with E-state index in [2.05, 4.69) is 24.9 Å². The molecule has 1 fully saturated rings. The summed E-state index contributed by atoms with van der Waals surface area (Å²) >= 11 is 0. The van der Waals surface area contributed by atoms with Crippen molar-refractivity contribution < 1.29 is 22.0 Å². The molecule has 5 rings (SSSR count). The topological polar surface area (TPSA) is 153 Å². The molecule has 0 unspecified atom stereocenters. The molecule has 220 valence electrons. The van der Waals surface area contributed by atoms with E-state index in [0.717, 1.165) is 12.3 Å². The Kier molecular flexibility index (Phi) is 7.78. The highest BCUT2D eigenvalue weighted by Gasteiger charge is 2.34. The normalized spacial score (nSPS) is 17.0. The van der Waals surface area contributed by atoms with Crippen molar-refractivity contribution >= 4 is 33.9 Å². The zero-order valence-electron chi connectivity index (χ0n) is 23.1.